The Morgan fingerprint density at radius 2 is 1.69 bits per heavy atom. The number of piperidine rings is 1. The Hall–Kier alpha value is -2.25. The fraction of sp³-hybridized carbons (Fsp3) is 0.409. The van der Waals surface area contributed by atoms with Gasteiger partial charge in [-0.25, -0.2) is 12.8 Å². The molecule has 0 bridgehead atoms. The first-order valence-corrected chi connectivity index (χ1v) is 11.5. The van der Waals surface area contributed by atoms with Gasteiger partial charge < -0.3 is 5.32 Å². The highest BCUT2D eigenvalue weighted by molar-refractivity contribution is 7.89. The van der Waals surface area contributed by atoms with E-state index in [1.807, 2.05) is 0 Å². The summed E-state index contributed by atoms with van der Waals surface area (Å²) in [7, 11) is -3.45. The van der Waals surface area contributed by atoms with Crippen molar-refractivity contribution in [2.75, 3.05) is 19.6 Å². The van der Waals surface area contributed by atoms with Crippen LogP contribution in [0, 0.1) is 17.7 Å². The highest BCUT2D eigenvalue weighted by atomic mass is 32.2. The zero-order valence-electron chi connectivity index (χ0n) is 16.1. The molecule has 5 nitrogen and oxygen atoms in total. The number of rotatable bonds is 6. The normalized spacial score (nSPS) is 22.9. The lowest BCUT2D eigenvalue weighted by Crippen LogP contribution is -2.41. The summed E-state index contributed by atoms with van der Waals surface area (Å²) in [6, 6.07) is 15.1. The van der Waals surface area contributed by atoms with Gasteiger partial charge in [-0.3, -0.25) is 4.79 Å². The van der Waals surface area contributed by atoms with Crippen LogP contribution < -0.4 is 5.32 Å². The number of halogens is 1. The summed E-state index contributed by atoms with van der Waals surface area (Å²) < 4.78 is 40.8. The lowest BCUT2D eigenvalue weighted by Gasteiger charge is -2.31. The van der Waals surface area contributed by atoms with E-state index in [0.29, 0.717) is 49.4 Å². The minimum atomic E-state index is -3.45. The van der Waals surface area contributed by atoms with Crippen molar-refractivity contribution in [2.45, 2.75) is 30.1 Å². The standard InChI is InChI=1S/C22H25FN2O3S/c23-21-9-5-4-8-18(21)19-14-20(19)22(26)24-15-16-10-12-25(13-11-16)29(27,28)17-6-2-1-3-7-17/h1-9,16,19-20H,10-15H2,(H,24,26). The first kappa shape index (κ1) is 20.0. The van der Waals surface area contributed by atoms with Crippen molar-refractivity contribution < 1.29 is 17.6 Å². The van der Waals surface area contributed by atoms with Crippen LogP contribution in [-0.2, 0) is 14.8 Å². The number of nitrogens with one attached hydrogen (secondary N) is 1. The molecular weight excluding hydrogens is 391 g/mol. The number of benzene rings is 2. The minimum Gasteiger partial charge on any atom is -0.356 e. The molecule has 4 rings (SSSR count). The summed E-state index contributed by atoms with van der Waals surface area (Å²) in [6.45, 7) is 1.45. The zero-order valence-corrected chi connectivity index (χ0v) is 16.9. The molecule has 29 heavy (non-hydrogen) atoms. The van der Waals surface area contributed by atoms with Crippen molar-refractivity contribution in [1.82, 2.24) is 9.62 Å². The summed E-state index contributed by atoms with van der Waals surface area (Å²) in [5, 5.41) is 2.99. The topological polar surface area (TPSA) is 66.5 Å². The van der Waals surface area contributed by atoms with Crippen LogP contribution in [0.1, 0.15) is 30.7 Å². The van der Waals surface area contributed by atoms with Crippen molar-refractivity contribution in [3.63, 3.8) is 0 Å². The quantitative estimate of drug-likeness (QED) is 0.787. The molecule has 2 aliphatic rings. The van der Waals surface area contributed by atoms with Gasteiger partial charge in [0.1, 0.15) is 5.82 Å². The number of amides is 1. The molecule has 2 atom stereocenters. The second-order valence-corrected chi connectivity index (χ2v) is 9.81. The largest absolute Gasteiger partial charge is 0.356 e. The molecule has 154 valence electrons. The first-order valence-electron chi connectivity index (χ1n) is 10.0. The van der Waals surface area contributed by atoms with E-state index in [0.717, 1.165) is 0 Å². The van der Waals surface area contributed by atoms with Crippen molar-refractivity contribution in [3.8, 4) is 0 Å². The maximum Gasteiger partial charge on any atom is 0.243 e. The molecule has 0 radical (unpaired) electrons. The number of nitrogens with zero attached hydrogens (tertiary/aromatic N) is 1. The Morgan fingerprint density at radius 1 is 1.03 bits per heavy atom. The third kappa shape index (κ3) is 4.36. The van der Waals surface area contributed by atoms with Gasteiger partial charge in [0, 0.05) is 25.6 Å². The van der Waals surface area contributed by atoms with Gasteiger partial charge in [0.2, 0.25) is 15.9 Å². The van der Waals surface area contributed by atoms with Gasteiger partial charge in [-0.2, -0.15) is 4.31 Å². The number of hydrogen-bond donors (Lipinski definition) is 1. The van der Waals surface area contributed by atoms with Gasteiger partial charge in [-0.1, -0.05) is 36.4 Å². The zero-order chi connectivity index (χ0) is 20.4. The number of hydrogen-bond acceptors (Lipinski definition) is 3. The van der Waals surface area contributed by atoms with Crippen LogP contribution in [0.15, 0.2) is 59.5 Å². The summed E-state index contributed by atoms with van der Waals surface area (Å²) in [5.74, 6) is -0.219. The maximum absolute atomic E-state index is 13.9. The molecule has 2 fully saturated rings. The van der Waals surface area contributed by atoms with Crippen LogP contribution in [0.3, 0.4) is 0 Å². The van der Waals surface area contributed by atoms with E-state index >= 15 is 0 Å². The van der Waals surface area contributed by atoms with Crippen LogP contribution in [0.2, 0.25) is 0 Å². The molecule has 2 aromatic rings. The summed E-state index contributed by atoms with van der Waals surface area (Å²) in [4.78, 5) is 12.7. The molecular formula is C22H25FN2O3S. The smallest absolute Gasteiger partial charge is 0.243 e. The Balaban J connectivity index is 1.25. The maximum atomic E-state index is 13.9. The van der Waals surface area contributed by atoms with E-state index in [4.69, 9.17) is 0 Å². The highest BCUT2D eigenvalue weighted by Crippen LogP contribution is 2.48. The Bertz CT molecular complexity index is 973. The highest BCUT2D eigenvalue weighted by Gasteiger charge is 2.45. The second-order valence-electron chi connectivity index (χ2n) is 7.88. The number of carbonyl (C=O) groups is 1. The molecule has 2 unspecified atom stereocenters. The average Bonchev–Trinajstić information content (AvgIpc) is 3.54. The van der Waals surface area contributed by atoms with E-state index in [2.05, 4.69) is 5.32 Å². The molecule has 0 spiro atoms. The van der Waals surface area contributed by atoms with E-state index in [-0.39, 0.29) is 29.5 Å². The van der Waals surface area contributed by atoms with Gasteiger partial charge in [0.05, 0.1) is 4.90 Å². The summed E-state index contributed by atoms with van der Waals surface area (Å²) >= 11 is 0. The van der Waals surface area contributed by atoms with Gasteiger partial charge in [0.15, 0.2) is 0 Å². The van der Waals surface area contributed by atoms with Crippen molar-refractivity contribution in [3.05, 3.63) is 66.0 Å². The molecule has 1 N–H and O–H groups in total. The molecule has 1 saturated heterocycles. The Morgan fingerprint density at radius 3 is 2.38 bits per heavy atom. The van der Waals surface area contributed by atoms with E-state index in [9.17, 15) is 17.6 Å². The van der Waals surface area contributed by atoms with Crippen LogP contribution in [-0.4, -0.2) is 38.3 Å². The molecule has 1 aliphatic carbocycles. The van der Waals surface area contributed by atoms with E-state index in [1.54, 1.807) is 48.5 Å². The van der Waals surface area contributed by atoms with Gasteiger partial charge in [-0.15, -0.1) is 0 Å². The molecule has 1 heterocycles. The van der Waals surface area contributed by atoms with Crippen molar-refractivity contribution >= 4 is 15.9 Å². The van der Waals surface area contributed by atoms with Crippen LogP contribution >= 0.6 is 0 Å². The Labute approximate surface area is 171 Å². The van der Waals surface area contributed by atoms with E-state index < -0.39 is 10.0 Å². The lowest BCUT2D eigenvalue weighted by molar-refractivity contribution is -0.122. The predicted octanol–water partition coefficient (Wildman–Crippen LogP) is 3.15. The fourth-order valence-electron chi connectivity index (χ4n) is 4.08. The van der Waals surface area contributed by atoms with Gasteiger partial charge in [0.25, 0.3) is 0 Å². The molecule has 1 saturated carbocycles. The average molecular weight is 417 g/mol. The predicted molar refractivity (Wildman–Crippen MR) is 108 cm³/mol. The third-order valence-corrected chi connectivity index (χ3v) is 7.86. The van der Waals surface area contributed by atoms with Crippen LogP contribution in [0.5, 0.6) is 0 Å². The second kappa shape index (κ2) is 8.24. The third-order valence-electron chi connectivity index (χ3n) is 5.95. The van der Waals surface area contributed by atoms with Crippen molar-refractivity contribution in [1.29, 1.82) is 0 Å². The molecule has 0 aromatic heterocycles. The number of carbonyl (C=O) groups excluding carboxylic acids is 1. The molecule has 7 heteroatoms. The van der Waals surface area contributed by atoms with Gasteiger partial charge >= 0.3 is 0 Å². The van der Waals surface area contributed by atoms with E-state index in [1.165, 1.54) is 10.4 Å². The van der Waals surface area contributed by atoms with Crippen LogP contribution in [0.25, 0.3) is 0 Å². The summed E-state index contributed by atoms with van der Waals surface area (Å²) in [5.41, 5.74) is 0.618. The van der Waals surface area contributed by atoms with Gasteiger partial charge in [-0.05, 0) is 54.9 Å². The molecule has 1 amide bonds. The number of sulfonamides is 1. The minimum absolute atomic E-state index is 0.0300. The monoisotopic (exact) mass is 416 g/mol. The SMILES string of the molecule is O=C(NCC1CCN(S(=O)(=O)c2ccccc2)CC1)C1CC1c1ccccc1F. The Kier molecular flexibility index (Phi) is 5.69. The van der Waals surface area contributed by atoms with Crippen LogP contribution in [0.4, 0.5) is 4.39 Å². The molecule has 2 aromatic carbocycles. The summed E-state index contributed by atoms with van der Waals surface area (Å²) in [6.07, 6.45) is 2.11. The lowest BCUT2D eigenvalue weighted by atomic mass is 9.98. The fourth-order valence-corrected chi connectivity index (χ4v) is 5.57. The first-order chi connectivity index (χ1) is 14.0. The van der Waals surface area contributed by atoms with Crippen molar-refractivity contribution in [2.24, 2.45) is 11.8 Å². The molecule has 1 aliphatic heterocycles.